The summed E-state index contributed by atoms with van der Waals surface area (Å²) in [7, 11) is 0. The van der Waals surface area contributed by atoms with E-state index >= 15 is 0 Å². The number of aromatic amines is 1. The number of benzene rings is 2. The van der Waals surface area contributed by atoms with Gasteiger partial charge < -0.3 is 9.88 Å². The fraction of sp³-hybridized carbons (Fsp3) is 0.385. The van der Waals surface area contributed by atoms with E-state index in [0.717, 1.165) is 72.3 Å². The Bertz CT molecular complexity index is 1310. The molecule has 0 unspecified atom stereocenters. The molecule has 166 valence electrons. The fourth-order valence-electron chi connectivity index (χ4n) is 5.13. The van der Waals surface area contributed by atoms with E-state index in [1.54, 1.807) is 6.33 Å². The van der Waals surface area contributed by atoms with Gasteiger partial charge >= 0.3 is 0 Å². The number of nitrogens with zero attached hydrogens (tertiary/aromatic N) is 4. The van der Waals surface area contributed by atoms with Gasteiger partial charge in [-0.15, -0.1) is 0 Å². The van der Waals surface area contributed by atoms with Gasteiger partial charge in [-0.3, -0.25) is 19.5 Å². The molecule has 7 nitrogen and oxygen atoms in total. The number of rotatable bonds is 5. The van der Waals surface area contributed by atoms with Gasteiger partial charge in [-0.25, -0.2) is 4.98 Å². The zero-order valence-electron chi connectivity index (χ0n) is 18.3. The number of aromatic nitrogens is 2. The third-order valence-corrected chi connectivity index (χ3v) is 7.48. The molecule has 1 aromatic heterocycles. The van der Waals surface area contributed by atoms with Crippen LogP contribution in [0.2, 0.25) is 0 Å². The smallest absolute Gasteiger partial charge is 0.256 e. The molecule has 2 amide bonds. The van der Waals surface area contributed by atoms with Gasteiger partial charge in [0.1, 0.15) is 11.4 Å². The largest absolute Gasteiger partial charge is 0.345 e. The van der Waals surface area contributed by atoms with Crippen molar-refractivity contribution < 1.29 is 9.59 Å². The first kappa shape index (κ1) is 19.0. The number of fused-ring (bicyclic) bond motifs is 1. The highest BCUT2D eigenvalue weighted by molar-refractivity contribution is 6.16. The van der Waals surface area contributed by atoms with Crippen LogP contribution in [0.15, 0.2) is 53.8 Å². The van der Waals surface area contributed by atoms with Crippen molar-refractivity contribution in [3.8, 4) is 11.1 Å². The molecule has 2 aliphatic heterocycles. The van der Waals surface area contributed by atoms with Crippen molar-refractivity contribution in [3.05, 3.63) is 54.4 Å². The van der Waals surface area contributed by atoms with Crippen molar-refractivity contribution in [2.45, 2.75) is 31.2 Å². The first-order valence-corrected chi connectivity index (χ1v) is 11.8. The van der Waals surface area contributed by atoms with E-state index in [9.17, 15) is 9.59 Å². The maximum atomic E-state index is 13.2. The van der Waals surface area contributed by atoms with Gasteiger partial charge in [0, 0.05) is 37.0 Å². The lowest BCUT2D eigenvalue weighted by Crippen LogP contribution is -2.55. The molecule has 1 saturated heterocycles. The minimum atomic E-state index is -0.521. The molecule has 2 aromatic carbocycles. The minimum Gasteiger partial charge on any atom is -0.345 e. The van der Waals surface area contributed by atoms with Gasteiger partial charge in [-0.1, -0.05) is 30.3 Å². The topological polar surface area (TPSA) is 81.7 Å². The van der Waals surface area contributed by atoms with Gasteiger partial charge in [0.15, 0.2) is 0 Å². The Labute approximate surface area is 191 Å². The molecule has 4 aliphatic rings. The van der Waals surface area contributed by atoms with Crippen molar-refractivity contribution in [1.82, 2.24) is 19.8 Å². The van der Waals surface area contributed by atoms with Crippen LogP contribution in [0.4, 0.5) is 0 Å². The second-order valence-electron chi connectivity index (χ2n) is 9.98. The zero-order chi connectivity index (χ0) is 22.2. The Hall–Kier alpha value is -3.48. The summed E-state index contributed by atoms with van der Waals surface area (Å²) in [4.78, 5) is 41.6. The van der Waals surface area contributed by atoms with E-state index in [1.807, 2.05) is 15.9 Å². The molecule has 1 spiro atoms. The molecule has 0 radical (unpaired) electrons. The van der Waals surface area contributed by atoms with Crippen LogP contribution >= 0.6 is 0 Å². The SMILES string of the molecule is O=C(C1CC1)N1CC(CN2C(=O)C3(CC3)N=C2c2ccc(-c3ccc4nc[nH]c4c3)cc2)C1. The van der Waals surface area contributed by atoms with Crippen LogP contribution in [0, 0.1) is 11.8 Å². The number of nitrogens with one attached hydrogen (secondary N) is 1. The molecule has 2 saturated carbocycles. The van der Waals surface area contributed by atoms with Crippen molar-refractivity contribution in [1.29, 1.82) is 0 Å². The number of amidine groups is 1. The summed E-state index contributed by atoms with van der Waals surface area (Å²) < 4.78 is 0. The quantitative estimate of drug-likeness (QED) is 0.663. The van der Waals surface area contributed by atoms with E-state index in [0.29, 0.717) is 18.4 Å². The summed E-state index contributed by atoms with van der Waals surface area (Å²) in [5.74, 6) is 1.82. The van der Waals surface area contributed by atoms with Crippen LogP contribution in [-0.4, -0.2) is 62.6 Å². The Morgan fingerprint density at radius 3 is 2.48 bits per heavy atom. The Morgan fingerprint density at radius 2 is 1.76 bits per heavy atom. The molecule has 3 fully saturated rings. The van der Waals surface area contributed by atoms with E-state index in [4.69, 9.17) is 4.99 Å². The normalized spacial score (nSPS) is 21.6. The molecule has 1 N–H and O–H groups in total. The summed E-state index contributed by atoms with van der Waals surface area (Å²) in [6.07, 6.45) is 5.46. The number of imidazole rings is 1. The standard InChI is InChI=1S/C26H25N5O2/c32-24(19-5-6-19)30-12-16(13-30)14-31-23(29-26(9-10-26)25(31)33)18-3-1-17(2-4-18)20-7-8-21-22(11-20)28-15-27-21/h1-4,7-8,11,15-16,19H,5-6,9-10,12-14H2,(H,27,28). The van der Waals surface area contributed by atoms with Gasteiger partial charge in [0.05, 0.1) is 17.4 Å². The van der Waals surface area contributed by atoms with Crippen LogP contribution in [0.5, 0.6) is 0 Å². The number of hydrogen-bond acceptors (Lipinski definition) is 4. The molecule has 0 atom stereocenters. The highest BCUT2D eigenvalue weighted by Gasteiger charge is 2.57. The second-order valence-corrected chi connectivity index (χ2v) is 9.98. The number of hydrogen-bond donors (Lipinski definition) is 1. The van der Waals surface area contributed by atoms with Crippen molar-refractivity contribution in [3.63, 3.8) is 0 Å². The maximum absolute atomic E-state index is 13.2. The number of amides is 2. The maximum Gasteiger partial charge on any atom is 0.256 e. The third-order valence-electron chi connectivity index (χ3n) is 7.48. The van der Waals surface area contributed by atoms with Crippen molar-refractivity contribution in [2.24, 2.45) is 16.8 Å². The van der Waals surface area contributed by atoms with E-state index in [2.05, 4.69) is 46.4 Å². The summed E-state index contributed by atoms with van der Waals surface area (Å²) in [6.45, 7) is 2.16. The zero-order valence-corrected chi connectivity index (χ0v) is 18.3. The molecule has 2 aliphatic carbocycles. The van der Waals surface area contributed by atoms with Gasteiger partial charge in [-0.2, -0.15) is 0 Å². The lowest BCUT2D eigenvalue weighted by Gasteiger charge is -2.41. The fourth-order valence-corrected chi connectivity index (χ4v) is 5.13. The summed E-state index contributed by atoms with van der Waals surface area (Å²) in [5.41, 5.74) is 4.65. The molecule has 3 heterocycles. The highest BCUT2D eigenvalue weighted by atomic mass is 16.2. The van der Waals surface area contributed by atoms with E-state index in [-0.39, 0.29) is 11.8 Å². The number of carbonyl (C=O) groups excluding carboxylic acids is 2. The van der Waals surface area contributed by atoms with Crippen LogP contribution in [0.3, 0.4) is 0 Å². The van der Waals surface area contributed by atoms with Gasteiger partial charge in [-0.05, 0) is 48.9 Å². The molecule has 33 heavy (non-hydrogen) atoms. The first-order chi connectivity index (χ1) is 16.1. The number of carbonyl (C=O) groups is 2. The lowest BCUT2D eigenvalue weighted by atomic mass is 9.97. The molecular formula is C26H25N5O2. The monoisotopic (exact) mass is 439 g/mol. The average Bonchev–Trinajstić information content (AvgIpc) is 3.72. The predicted molar refractivity (Wildman–Crippen MR) is 125 cm³/mol. The Balaban J connectivity index is 1.11. The number of aliphatic imine (C=N–C) groups is 1. The van der Waals surface area contributed by atoms with Crippen LogP contribution in [-0.2, 0) is 9.59 Å². The average molecular weight is 440 g/mol. The van der Waals surface area contributed by atoms with Gasteiger partial charge in [0.25, 0.3) is 5.91 Å². The number of likely N-dealkylation sites (tertiary alicyclic amines) is 1. The molecule has 3 aromatic rings. The predicted octanol–water partition coefficient (Wildman–Crippen LogP) is 3.22. The van der Waals surface area contributed by atoms with Crippen molar-refractivity contribution >= 4 is 28.7 Å². The van der Waals surface area contributed by atoms with Gasteiger partial charge in [0.2, 0.25) is 5.91 Å². The Kier molecular flexibility index (Phi) is 3.90. The minimum absolute atomic E-state index is 0.137. The highest BCUT2D eigenvalue weighted by Crippen LogP contribution is 2.46. The van der Waals surface area contributed by atoms with Crippen LogP contribution < -0.4 is 0 Å². The summed E-state index contributed by atoms with van der Waals surface area (Å²) in [5, 5.41) is 0. The van der Waals surface area contributed by atoms with Crippen molar-refractivity contribution in [2.75, 3.05) is 19.6 Å². The van der Waals surface area contributed by atoms with Crippen LogP contribution in [0.1, 0.15) is 31.2 Å². The first-order valence-electron chi connectivity index (χ1n) is 11.8. The third kappa shape index (κ3) is 3.09. The Morgan fingerprint density at radius 1 is 1.03 bits per heavy atom. The molecule has 7 rings (SSSR count). The lowest BCUT2D eigenvalue weighted by molar-refractivity contribution is -0.139. The molecule has 7 heteroatoms. The summed E-state index contributed by atoms with van der Waals surface area (Å²) >= 11 is 0. The second kappa shape index (κ2) is 6.76. The molecule has 0 bridgehead atoms. The molecular weight excluding hydrogens is 414 g/mol. The summed E-state index contributed by atoms with van der Waals surface area (Å²) in [6, 6.07) is 14.5. The van der Waals surface area contributed by atoms with Crippen LogP contribution in [0.25, 0.3) is 22.2 Å². The van der Waals surface area contributed by atoms with E-state index < -0.39 is 5.54 Å². The van der Waals surface area contributed by atoms with E-state index in [1.165, 1.54) is 0 Å². The number of H-pyrrole nitrogens is 1.